The lowest BCUT2D eigenvalue weighted by Gasteiger charge is -2.17. The number of ether oxygens (including phenoxy) is 1. The molecule has 4 rings (SSSR count). The van der Waals surface area contributed by atoms with Crippen LogP contribution in [-0.4, -0.2) is 52.3 Å². The monoisotopic (exact) mass is 378 g/mol. The molecule has 6 heteroatoms. The number of fused-ring (bicyclic) bond motifs is 1. The number of phenols is 1. The molecule has 144 valence electrons. The van der Waals surface area contributed by atoms with E-state index < -0.39 is 6.10 Å². The number of hydrogen-bond donors (Lipinski definition) is 2. The van der Waals surface area contributed by atoms with Crippen molar-refractivity contribution in [2.24, 2.45) is 5.92 Å². The molecule has 1 saturated heterocycles. The maximum atomic E-state index is 12.8. The molecule has 1 aliphatic rings. The Morgan fingerprint density at radius 1 is 1.18 bits per heavy atom. The van der Waals surface area contributed by atoms with Crippen molar-refractivity contribution < 1.29 is 19.7 Å². The summed E-state index contributed by atoms with van der Waals surface area (Å²) >= 11 is 0. The molecule has 2 unspecified atom stereocenters. The predicted octanol–water partition coefficient (Wildman–Crippen LogP) is 2.62. The summed E-state index contributed by atoms with van der Waals surface area (Å²) in [6, 6.07) is 16.4. The number of methoxy groups -OCH3 is 1. The average Bonchev–Trinajstić information content (AvgIpc) is 3.07. The molecule has 2 N–H and O–H groups in total. The number of aromatic hydroxyl groups is 1. The number of likely N-dealkylation sites (tertiary alicyclic amines) is 1. The quantitative estimate of drug-likeness (QED) is 0.729. The van der Waals surface area contributed by atoms with Crippen LogP contribution in [0.25, 0.3) is 10.9 Å². The maximum absolute atomic E-state index is 12.8. The summed E-state index contributed by atoms with van der Waals surface area (Å²) in [6.45, 7) is 0.696. The lowest BCUT2D eigenvalue weighted by atomic mass is 9.99. The van der Waals surface area contributed by atoms with Crippen LogP contribution < -0.4 is 4.74 Å². The van der Waals surface area contributed by atoms with Gasteiger partial charge in [0.25, 0.3) is 5.91 Å². The summed E-state index contributed by atoms with van der Waals surface area (Å²) < 4.78 is 5.12. The minimum Gasteiger partial charge on any atom is -0.508 e. The highest BCUT2D eigenvalue weighted by molar-refractivity contribution is 5.95. The first-order valence-corrected chi connectivity index (χ1v) is 9.23. The average molecular weight is 378 g/mol. The number of β-amino-alcohol motifs (C(OH)–C–C–N with tert-alkyl or cyclic N) is 1. The van der Waals surface area contributed by atoms with E-state index >= 15 is 0 Å². The molecule has 2 atom stereocenters. The third-order valence-corrected chi connectivity index (χ3v) is 5.20. The van der Waals surface area contributed by atoms with E-state index in [1.165, 1.54) is 19.2 Å². The lowest BCUT2D eigenvalue weighted by Crippen LogP contribution is -2.29. The van der Waals surface area contributed by atoms with Crippen LogP contribution in [-0.2, 0) is 6.42 Å². The second kappa shape index (κ2) is 7.48. The number of amides is 1. The molecule has 1 amide bonds. The fraction of sp³-hybridized carbons (Fsp3) is 0.273. The van der Waals surface area contributed by atoms with Crippen LogP contribution in [0, 0.1) is 5.92 Å². The number of aromatic nitrogens is 1. The molecule has 0 saturated carbocycles. The van der Waals surface area contributed by atoms with Crippen molar-refractivity contribution in [3.8, 4) is 11.5 Å². The van der Waals surface area contributed by atoms with E-state index in [9.17, 15) is 15.0 Å². The minimum atomic E-state index is -0.614. The molecule has 0 aliphatic carbocycles. The molecule has 1 aliphatic heterocycles. The number of carbonyl (C=O) groups excluding carboxylic acids is 1. The number of carbonyl (C=O) groups is 1. The topological polar surface area (TPSA) is 82.9 Å². The highest BCUT2D eigenvalue weighted by atomic mass is 16.5. The van der Waals surface area contributed by atoms with Gasteiger partial charge in [-0.15, -0.1) is 0 Å². The van der Waals surface area contributed by atoms with E-state index in [-0.39, 0.29) is 24.1 Å². The summed E-state index contributed by atoms with van der Waals surface area (Å²) in [5.74, 6) is 0.0680. The number of phenolic OH excluding ortho intramolecular Hbond substituents is 1. The van der Waals surface area contributed by atoms with Gasteiger partial charge in [0.05, 0.1) is 18.7 Å². The van der Waals surface area contributed by atoms with Gasteiger partial charge in [-0.1, -0.05) is 24.3 Å². The second-order valence-electron chi connectivity index (χ2n) is 7.16. The van der Waals surface area contributed by atoms with E-state index in [1.807, 2.05) is 36.4 Å². The van der Waals surface area contributed by atoms with Crippen LogP contribution in [0.1, 0.15) is 16.1 Å². The third kappa shape index (κ3) is 3.64. The number of rotatable bonds is 4. The van der Waals surface area contributed by atoms with Gasteiger partial charge < -0.3 is 19.8 Å². The van der Waals surface area contributed by atoms with Crippen LogP contribution in [0.2, 0.25) is 0 Å². The van der Waals surface area contributed by atoms with Crippen LogP contribution in [0.3, 0.4) is 0 Å². The smallest absolute Gasteiger partial charge is 0.254 e. The standard InChI is InChI=1S/C22H22N2O4/c1-28-19-10-15(9-18(25)11-19)22(27)24-12-16(21(26)13-24)8-17-7-6-14-4-2-3-5-20(14)23-17/h2-7,9-11,16,21,25-26H,8,12-13H2,1H3. The Bertz CT molecular complexity index is 1020. The fourth-order valence-electron chi connectivity index (χ4n) is 3.72. The van der Waals surface area contributed by atoms with E-state index in [0.717, 1.165) is 16.6 Å². The van der Waals surface area contributed by atoms with Crippen molar-refractivity contribution in [3.05, 3.63) is 65.9 Å². The normalized spacial score (nSPS) is 19.1. The van der Waals surface area contributed by atoms with Crippen LogP contribution in [0.15, 0.2) is 54.6 Å². The molecule has 1 aromatic heterocycles. The largest absolute Gasteiger partial charge is 0.508 e. The summed E-state index contributed by atoms with van der Waals surface area (Å²) in [5, 5.41) is 21.4. The first-order valence-electron chi connectivity index (χ1n) is 9.23. The highest BCUT2D eigenvalue weighted by Crippen LogP contribution is 2.27. The van der Waals surface area contributed by atoms with Crippen molar-refractivity contribution in [2.45, 2.75) is 12.5 Å². The SMILES string of the molecule is COc1cc(O)cc(C(=O)N2CC(O)C(Cc3ccc4ccccc4n3)C2)c1. The van der Waals surface area contributed by atoms with Crippen molar-refractivity contribution in [1.29, 1.82) is 0 Å². The number of benzene rings is 2. The molecule has 28 heavy (non-hydrogen) atoms. The van der Waals surface area contributed by atoms with Gasteiger partial charge in [0, 0.05) is 41.7 Å². The number of para-hydroxylation sites is 1. The zero-order chi connectivity index (χ0) is 19.7. The summed E-state index contributed by atoms with van der Waals surface area (Å²) in [6.07, 6.45) is -0.0181. The van der Waals surface area contributed by atoms with Gasteiger partial charge in [0.15, 0.2) is 0 Å². The minimum absolute atomic E-state index is 0.0284. The van der Waals surface area contributed by atoms with Gasteiger partial charge in [0.1, 0.15) is 11.5 Å². The molecular formula is C22H22N2O4. The number of nitrogens with zero attached hydrogens (tertiary/aromatic N) is 2. The molecular weight excluding hydrogens is 356 g/mol. The lowest BCUT2D eigenvalue weighted by molar-refractivity contribution is 0.0764. The Kier molecular flexibility index (Phi) is 4.88. The first kappa shape index (κ1) is 18.3. The Morgan fingerprint density at radius 2 is 2.00 bits per heavy atom. The van der Waals surface area contributed by atoms with Gasteiger partial charge in [-0.2, -0.15) is 0 Å². The van der Waals surface area contributed by atoms with Crippen molar-refractivity contribution in [1.82, 2.24) is 9.88 Å². The molecule has 2 heterocycles. The molecule has 2 aromatic carbocycles. The van der Waals surface area contributed by atoms with Crippen LogP contribution in [0.4, 0.5) is 0 Å². The van der Waals surface area contributed by atoms with Crippen LogP contribution in [0.5, 0.6) is 11.5 Å². The van der Waals surface area contributed by atoms with Gasteiger partial charge in [-0.25, -0.2) is 0 Å². The molecule has 6 nitrogen and oxygen atoms in total. The van der Waals surface area contributed by atoms with E-state index in [1.54, 1.807) is 11.0 Å². The maximum Gasteiger partial charge on any atom is 0.254 e. The summed E-state index contributed by atoms with van der Waals surface area (Å²) in [5.41, 5.74) is 2.16. The number of aliphatic hydroxyl groups excluding tert-OH is 1. The van der Waals surface area contributed by atoms with E-state index in [0.29, 0.717) is 24.3 Å². The molecule has 0 spiro atoms. The van der Waals surface area contributed by atoms with Gasteiger partial charge >= 0.3 is 0 Å². The van der Waals surface area contributed by atoms with Crippen molar-refractivity contribution in [2.75, 3.05) is 20.2 Å². The van der Waals surface area contributed by atoms with Gasteiger partial charge in [0.2, 0.25) is 0 Å². The predicted molar refractivity (Wildman–Crippen MR) is 106 cm³/mol. The summed E-state index contributed by atoms with van der Waals surface area (Å²) in [7, 11) is 1.48. The molecule has 0 bridgehead atoms. The first-order chi connectivity index (χ1) is 13.5. The molecule has 0 radical (unpaired) electrons. The fourth-order valence-corrected chi connectivity index (χ4v) is 3.72. The Morgan fingerprint density at radius 3 is 2.82 bits per heavy atom. The highest BCUT2D eigenvalue weighted by Gasteiger charge is 2.34. The summed E-state index contributed by atoms with van der Waals surface area (Å²) in [4.78, 5) is 19.1. The molecule has 3 aromatic rings. The van der Waals surface area contributed by atoms with Gasteiger partial charge in [-0.3, -0.25) is 9.78 Å². The van der Waals surface area contributed by atoms with Crippen LogP contribution >= 0.6 is 0 Å². The van der Waals surface area contributed by atoms with Crippen molar-refractivity contribution >= 4 is 16.8 Å². The van der Waals surface area contributed by atoms with Gasteiger partial charge in [-0.05, 0) is 30.7 Å². The number of hydrogen-bond acceptors (Lipinski definition) is 5. The second-order valence-corrected chi connectivity index (χ2v) is 7.16. The number of aliphatic hydroxyl groups is 1. The molecule has 1 fully saturated rings. The Balaban J connectivity index is 1.49. The number of pyridine rings is 1. The van der Waals surface area contributed by atoms with E-state index in [4.69, 9.17) is 4.74 Å². The van der Waals surface area contributed by atoms with Crippen molar-refractivity contribution in [3.63, 3.8) is 0 Å². The zero-order valence-corrected chi connectivity index (χ0v) is 15.6. The van der Waals surface area contributed by atoms with E-state index in [2.05, 4.69) is 4.98 Å². The third-order valence-electron chi connectivity index (χ3n) is 5.20. The Hall–Kier alpha value is -3.12. The Labute approximate surface area is 163 Å². The zero-order valence-electron chi connectivity index (χ0n) is 15.6.